The molecule has 7 N–H and O–H groups in total. The monoisotopic (exact) mass is 738 g/mol. The molecule has 0 unspecified atom stereocenters. The van der Waals surface area contributed by atoms with Crippen molar-refractivity contribution in [1.29, 1.82) is 0 Å². The van der Waals surface area contributed by atoms with Gasteiger partial charge < -0.3 is 45.5 Å². The molecule has 0 aliphatic rings. The number of halogens is 3. The highest BCUT2D eigenvalue weighted by Crippen LogP contribution is 2.24. The van der Waals surface area contributed by atoms with E-state index in [2.05, 4.69) is 50.2 Å². The smallest absolute Gasteiger partial charge is 0.271 e. The van der Waals surface area contributed by atoms with Gasteiger partial charge in [0.25, 0.3) is 11.6 Å². The summed E-state index contributed by atoms with van der Waals surface area (Å²) in [6.45, 7) is 13.7. The number of phenolic OH excluding ortho intramolecular Hbond substituents is 2. The lowest BCUT2D eigenvalue weighted by molar-refractivity contribution is -0.114. The number of fused-ring (bicyclic) bond motifs is 2. The fourth-order valence-corrected chi connectivity index (χ4v) is 4.67. The van der Waals surface area contributed by atoms with E-state index in [-0.39, 0.29) is 30.8 Å². The highest BCUT2D eigenvalue weighted by Gasteiger charge is 2.10. The van der Waals surface area contributed by atoms with E-state index < -0.39 is 29.0 Å². The van der Waals surface area contributed by atoms with Gasteiger partial charge in [0.15, 0.2) is 33.1 Å². The number of amides is 2. The second-order valence-corrected chi connectivity index (χ2v) is 11.0. The zero-order valence-corrected chi connectivity index (χ0v) is 27.0. The summed E-state index contributed by atoms with van der Waals surface area (Å²) < 4.78 is 26.0. The quantitative estimate of drug-likeness (QED) is 0.0390. The molecule has 14 nitrogen and oxygen atoms in total. The summed E-state index contributed by atoms with van der Waals surface area (Å²) in [6.07, 6.45) is 3.11. The van der Waals surface area contributed by atoms with Crippen molar-refractivity contribution >= 4 is 92.5 Å². The van der Waals surface area contributed by atoms with Gasteiger partial charge in [-0.1, -0.05) is 32.3 Å². The molecule has 4 heterocycles. The third-order valence-electron chi connectivity index (χ3n) is 5.87. The Bertz CT molecular complexity index is 2300. The normalized spacial score (nSPS) is 9.94. The van der Waals surface area contributed by atoms with Crippen LogP contribution in [0.5, 0.6) is 11.5 Å². The fourth-order valence-electron chi connectivity index (χ4n) is 3.70. The predicted molar refractivity (Wildman–Crippen MR) is 189 cm³/mol. The molecule has 0 radical (unpaired) electrons. The zero-order chi connectivity index (χ0) is 35.5. The van der Waals surface area contributed by atoms with Gasteiger partial charge >= 0.3 is 0 Å². The van der Waals surface area contributed by atoms with E-state index in [1.165, 1.54) is 30.1 Å². The number of pyridine rings is 2. The maximum Gasteiger partial charge on any atom is 0.271 e. The van der Waals surface area contributed by atoms with Crippen LogP contribution in [0, 0.1) is 29.5 Å². The standard InChI is InChI=1S/C15H10FN5O2S.C8H7ClFNO2.C7H4N4S.CH4/c1-17-13-5-10-11(6-18-13)21-15(20-10)24-7-14(23)19-8-2-3-9(16)12(22)4-8;9-4-8(13)11-5-1-2-6(10)7(12)3-5;1-8-6-2-4-5(3-9-6)11-7(12)10-4;/h2-6,22H,7H2,(H,19,23)(H,20,21);1-3,12H,4H2,(H,11,13);2-3H,(H2,10,11,12);1H4. The summed E-state index contributed by atoms with van der Waals surface area (Å²) in [5, 5.41) is 23.6. The van der Waals surface area contributed by atoms with E-state index in [4.69, 9.17) is 42.1 Å². The van der Waals surface area contributed by atoms with Crippen LogP contribution in [0.15, 0.2) is 66.1 Å². The van der Waals surface area contributed by atoms with Gasteiger partial charge in [0.05, 0.1) is 16.8 Å². The molecule has 6 rings (SSSR count). The number of aromatic nitrogens is 6. The third kappa shape index (κ3) is 10.7. The van der Waals surface area contributed by atoms with Crippen molar-refractivity contribution in [3.8, 4) is 11.5 Å². The van der Waals surface area contributed by atoms with Crippen LogP contribution in [0.3, 0.4) is 0 Å². The van der Waals surface area contributed by atoms with Crippen molar-refractivity contribution < 1.29 is 28.6 Å². The Balaban J connectivity index is 0.000000220. The third-order valence-corrected chi connectivity index (χ3v) is 7.19. The lowest BCUT2D eigenvalue weighted by atomic mass is 10.3. The number of aromatic amines is 3. The maximum atomic E-state index is 13.0. The number of thioether (sulfide) groups is 1. The fraction of sp³-hybridized carbons (Fsp3) is 0.0968. The van der Waals surface area contributed by atoms with Crippen molar-refractivity contribution in [1.82, 2.24) is 29.9 Å². The molecule has 0 saturated heterocycles. The Morgan fingerprint density at radius 1 is 0.840 bits per heavy atom. The number of alkyl halides is 1. The van der Waals surface area contributed by atoms with Gasteiger partial charge in [-0.25, -0.2) is 13.8 Å². The van der Waals surface area contributed by atoms with Gasteiger partial charge in [0, 0.05) is 23.5 Å². The molecule has 2 aromatic carbocycles. The second kappa shape index (κ2) is 17.9. The van der Waals surface area contributed by atoms with Crippen LogP contribution in [-0.4, -0.2) is 63.6 Å². The Kier molecular flexibility index (Phi) is 13.7. The van der Waals surface area contributed by atoms with Gasteiger partial charge in [-0.05, 0) is 48.6 Å². The number of aromatic hydroxyl groups is 2. The molecule has 0 atom stereocenters. The highest BCUT2D eigenvalue weighted by atomic mass is 35.5. The number of H-pyrrole nitrogens is 3. The van der Waals surface area contributed by atoms with E-state index in [1.54, 1.807) is 18.3 Å². The summed E-state index contributed by atoms with van der Waals surface area (Å²) in [7, 11) is 0. The number of carbonyl (C=O) groups excluding carboxylic acids is 2. The molecule has 0 bridgehead atoms. The Morgan fingerprint density at radius 3 is 1.94 bits per heavy atom. The Hall–Kier alpha value is -6.08. The number of hydrogen-bond donors (Lipinski definition) is 7. The van der Waals surface area contributed by atoms with E-state index in [0.717, 1.165) is 35.3 Å². The van der Waals surface area contributed by atoms with Gasteiger partial charge in [0.1, 0.15) is 29.3 Å². The molecular weight excluding hydrogens is 714 g/mol. The molecule has 6 aromatic rings. The van der Waals surface area contributed by atoms with Crippen LogP contribution in [0.1, 0.15) is 7.43 Å². The minimum absolute atomic E-state index is 0. The SMILES string of the molecule is C.O=C(CCl)Nc1ccc(F)c(O)c1.[C-]#[N+]c1cc2[nH]c(=S)[nH]c2cn1.[C-]#[N+]c1cc2nc(SCC(=O)Nc3ccc(F)c(O)c3)[nH]c2cn1. The maximum absolute atomic E-state index is 13.0. The molecule has 19 heteroatoms. The first-order chi connectivity index (χ1) is 23.5. The topological polar surface area (TPSA) is 193 Å². The summed E-state index contributed by atoms with van der Waals surface area (Å²) in [4.78, 5) is 50.0. The van der Waals surface area contributed by atoms with Crippen LogP contribution in [0.4, 0.5) is 31.8 Å². The van der Waals surface area contributed by atoms with E-state index in [0.29, 0.717) is 38.2 Å². The van der Waals surface area contributed by atoms with Crippen molar-refractivity contribution in [3.63, 3.8) is 0 Å². The number of hydrogen-bond acceptors (Lipinski definition) is 9. The zero-order valence-electron chi connectivity index (χ0n) is 24.6. The van der Waals surface area contributed by atoms with Crippen LogP contribution in [0.2, 0.25) is 0 Å². The minimum Gasteiger partial charge on any atom is -0.505 e. The molecular formula is C31H25ClF2N10O4S2. The second-order valence-electron chi connectivity index (χ2n) is 9.34. The lowest BCUT2D eigenvalue weighted by Gasteiger charge is -2.05. The van der Waals surface area contributed by atoms with Crippen LogP contribution in [-0.2, 0) is 9.59 Å². The summed E-state index contributed by atoms with van der Waals surface area (Å²) in [5.41, 5.74) is 3.53. The summed E-state index contributed by atoms with van der Waals surface area (Å²) in [6, 6.07) is 10.3. The largest absolute Gasteiger partial charge is 0.505 e. The Morgan fingerprint density at radius 2 is 1.38 bits per heavy atom. The molecule has 4 aromatic heterocycles. The van der Waals surface area contributed by atoms with E-state index >= 15 is 0 Å². The number of nitrogens with zero attached hydrogens (tertiary/aromatic N) is 5. The van der Waals surface area contributed by atoms with Crippen LogP contribution < -0.4 is 10.6 Å². The Labute approximate surface area is 296 Å². The lowest BCUT2D eigenvalue weighted by Crippen LogP contribution is -2.14. The predicted octanol–water partition coefficient (Wildman–Crippen LogP) is 7.60. The van der Waals surface area contributed by atoms with E-state index in [1.807, 2.05) is 0 Å². The number of carbonyl (C=O) groups is 2. The average molecular weight is 739 g/mol. The van der Waals surface area contributed by atoms with E-state index in [9.17, 15) is 23.5 Å². The molecule has 0 aliphatic carbocycles. The molecule has 0 saturated carbocycles. The number of benzene rings is 2. The van der Waals surface area contributed by atoms with Crippen molar-refractivity contribution in [3.05, 3.63) is 100 Å². The molecule has 50 heavy (non-hydrogen) atoms. The highest BCUT2D eigenvalue weighted by molar-refractivity contribution is 7.99. The van der Waals surface area contributed by atoms with Crippen LogP contribution in [0.25, 0.3) is 31.8 Å². The number of imidazole rings is 2. The first-order valence-electron chi connectivity index (χ1n) is 13.4. The van der Waals surface area contributed by atoms with Gasteiger partial charge in [-0.15, -0.1) is 21.6 Å². The van der Waals surface area contributed by atoms with Crippen molar-refractivity contribution in [2.24, 2.45) is 0 Å². The number of phenols is 2. The molecule has 0 fully saturated rings. The van der Waals surface area contributed by atoms with Gasteiger partial charge in [-0.3, -0.25) is 9.59 Å². The first-order valence-corrected chi connectivity index (χ1v) is 15.3. The minimum atomic E-state index is -0.753. The number of rotatable bonds is 6. The van der Waals surface area contributed by atoms with Crippen molar-refractivity contribution in [2.75, 3.05) is 22.3 Å². The number of nitrogens with one attached hydrogen (secondary N) is 5. The molecule has 256 valence electrons. The van der Waals surface area contributed by atoms with Gasteiger partial charge in [-0.2, -0.15) is 0 Å². The summed E-state index contributed by atoms with van der Waals surface area (Å²) >= 11 is 11.3. The molecule has 2 amide bonds. The first kappa shape index (κ1) is 38.4. The summed E-state index contributed by atoms with van der Waals surface area (Å²) in [5.74, 6) is -2.75. The van der Waals surface area contributed by atoms with Crippen LogP contribution >= 0.6 is 35.6 Å². The number of anilines is 2. The molecule has 0 aliphatic heterocycles. The van der Waals surface area contributed by atoms with Gasteiger partial charge in [0.2, 0.25) is 11.8 Å². The van der Waals surface area contributed by atoms with Crippen molar-refractivity contribution in [2.45, 2.75) is 12.6 Å². The average Bonchev–Trinajstić information content (AvgIpc) is 3.68. The molecule has 0 spiro atoms.